The minimum absolute atomic E-state index is 0.0309. The Kier molecular flexibility index (Phi) is 4.30. The van der Waals surface area contributed by atoms with Gasteiger partial charge in [0.15, 0.2) is 0 Å². The quantitative estimate of drug-likeness (QED) is 0.803. The van der Waals surface area contributed by atoms with Crippen LogP contribution in [0, 0.1) is 5.92 Å². The third-order valence-electron chi connectivity index (χ3n) is 4.34. The van der Waals surface area contributed by atoms with Gasteiger partial charge in [0.05, 0.1) is 18.5 Å². The molecule has 1 aromatic carbocycles. The first-order valence-electron chi connectivity index (χ1n) is 7.80. The first-order valence-corrected chi connectivity index (χ1v) is 7.80. The van der Waals surface area contributed by atoms with E-state index < -0.39 is 5.54 Å². The van der Waals surface area contributed by atoms with E-state index in [4.69, 9.17) is 0 Å². The van der Waals surface area contributed by atoms with Gasteiger partial charge in [-0.2, -0.15) is 0 Å². The fraction of sp³-hybridized carbons (Fsp3) is 0.333. The van der Waals surface area contributed by atoms with E-state index in [2.05, 4.69) is 10.3 Å². The highest BCUT2D eigenvalue weighted by Crippen LogP contribution is 2.39. The lowest BCUT2D eigenvalue weighted by Gasteiger charge is -2.28. The summed E-state index contributed by atoms with van der Waals surface area (Å²) in [5.41, 5.74) is 1.46. The van der Waals surface area contributed by atoms with Crippen LogP contribution in [0.4, 0.5) is 0 Å². The zero-order chi connectivity index (χ0) is 16.3. The van der Waals surface area contributed by atoms with Gasteiger partial charge in [0, 0.05) is 24.2 Å². The van der Waals surface area contributed by atoms with Gasteiger partial charge in [-0.25, -0.2) is 4.98 Å². The molecular formula is C18H21N3O2. The molecule has 1 heterocycles. The zero-order valence-electron chi connectivity index (χ0n) is 13.1. The highest BCUT2D eigenvalue weighted by Gasteiger charge is 2.41. The molecule has 23 heavy (non-hydrogen) atoms. The summed E-state index contributed by atoms with van der Waals surface area (Å²) in [7, 11) is 0. The summed E-state index contributed by atoms with van der Waals surface area (Å²) >= 11 is 0. The van der Waals surface area contributed by atoms with Crippen molar-refractivity contribution in [2.45, 2.75) is 25.3 Å². The average Bonchev–Trinajstić information content (AvgIpc) is 3.29. The van der Waals surface area contributed by atoms with Gasteiger partial charge < -0.3 is 15.0 Å². The van der Waals surface area contributed by atoms with E-state index in [-0.39, 0.29) is 12.5 Å². The Labute approximate surface area is 135 Å². The number of nitrogens with zero attached hydrogens (tertiary/aromatic N) is 2. The second-order valence-electron chi connectivity index (χ2n) is 6.23. The van der Waals surface area contributed by atoms with Crippen molar-refractivity contribution in [2.75, 3.05) is 6.61 Å². The van der Waals surface area contributed by atoms with Crippen LogP contribution in [-0.2, 0) is 4.79 Å². The fourth-order valence-corrected chi connectivity index (χ4v) is 2.66. The number of rotatable bonds is 6. The molecule has 1 saturated carbocycles. The molecule has 1 aromatic heterocycles. The monoisotopic (exact) mass is 311 g/mol. The van der Waals surface area contributed by atoms with E-state index in [0.717, 1.165) is 24.1 Å². The number of aliphatic hydroxyl groups excluding tert-OH is 1. The second-order valence-corrected chi connectivity index (χ2v) is 6.23. The lowest BCUT2D eigenvalue weighted by atomic mass is 9.97. The van der Waals surface area contributed by atoms with Gasteiger partial charge in [-0.3, -0.25) is 4.79 Å². The van der Waals surface area contributed by atoms with Crippen LogP contribution in [0.15, 0.2) is 49.1 Å². The first-order chi connectivity index (χ1) is 11.1. The summed E-state index contributed by atoms with van der Waals surface area (Å²) < 4.78 is 1.92. The summed E-state index contributed by atoms with van der Waals surface area (Å²) in [6.07, 6.45) is 10.8. The van der Waals surface area contributed by atoms with Gasteiger partial charge in [-0.05, 0) is 49.5 Å². The number of hydrogen-bond donors (Lipinski definition) is 2. The number of nitrogens with one attached hydrogen (secondary N) is 1. The van der Waals surface area contributed by atoms with E-state index in [0.29, 0.717) is 5.92 Å². The highest BCUT2D eigenvalue weighted by molar-refractivity contribution is 5.92. The van der Waals surface area contributed by atoms with Crippen molar-refractivity contribution in [3.8, 4) is 5.69 Å². The standard InChI is InChI=1S/C18H21N3O2/c1-18(12-22,15-5-6-15)20-17(23)9-4-14-2-7-16(8-3-14)21-11-10-19-13-21/h2-4,7-11,13,15,22H,5-6,12H2,1H3,(H,20,23)/b9-4+. The van der Waals surface area contributed by atoms with Crippen LogP contribution in [0.1, 0.15) is 25.3 Å². The van der Waals surface area contributed by atoms with Gasteiger partial charge in [0.25, 0.3) is 0 Å². The Morgan fingerprint density at radius 3 is 2.74 bits per heavy atom. The molecule has 2 N–H and O–H groups in total. The topological polar surface area (TPSA) is 67.2 Å². The van der Waals surface area contributed by atoms with Gasteiger partial charge in [0.1, 0.15) is 0 Å². The van der Waals surface area contributed by atoms with E-state index in [1.807, 2.05) is 42.0 Å². The summed E-state index contributed by atoms with van der Waals surface area (Å²) in [6.45, 7) is 1.87. The number of imidazole rings is 1. The van der Waals surface area contributed by atoms with Crippen LogP contribution in [0.3, 0.4) is 0 Å². The van der Waals surface area contributed by atoms with Crippen LogP contribution in [0.5, 0.6) is 0 Å². The van der Waals surface area contributed by atoms with E-state index in [9.17, 15) is 9.90 Å². The molecule has 0 saturated heterocycles. The van der Waals surface area contributed by atoms with Crippen molar-refractivity contribution in [3.63, 3.8) is 0 Å². The number of carbonyl (C=O) groups excluding carboxylic acids is 1. The maximum atomic E-state index is 12.1. The van der Waals surface area contributed by atoms with Crippen LogP contribution in [-0.4, -0.2) is 32.7 Å². The molecule has 1 fully saturated rings. The number of amides is 1. The Balaban J connectivity index is 1.62. The SMILES string of the molecule is CC(CO)(NC(=O)/C=C/c1ccc(-n2ccnc2)cc1)C1CC1. The molecule has 2 aromatic rings. The minimum Gasteiger partial charge on any atom is -0.394 e. The fourth-order valence-electron chi connectivity index (χ4n) is 2.66. The number of aromatic nitrogens is 2. The summed E-state index contributed by atoms with van der Waals surface area (Å²) in [4.78, 5) is 16.1. The molecule has 1 aliphatic carbocycles. The molecule has 5 nitrogen and oxygen atoms in total. The Bertz CT molecular complexity index is 688. The molecule has 3 rings (SSSR count). The molecule has 1 aliphatic rings. The normalized spacial score (nSPS) is 17.1. The largest absolute Gasteiger partial charge is 0.394 e. The van der Waals surface area contributed by atoms with Gasteiger partial charge in [-0.15, -0.1) is 0 Å². The minimum atomic E-state index is -0.507. The van der Waals surface area contributed by atoms with Crippen molar-refractivity contribution >= 4 is 12.0 Å². The summed E-state index contributed by atoms with van der Waals surface area (Å²) in [6, 6.07) is 7.85. The van der Waals surface area contributed by atoms with Gasteiger partial charge >= 0.3 is 0 Å². The van der Waals surface area contributed by atoms with Crippen LogP contribution in [0.25, 0.3) is 11.8 Å². The number of carbonyl (C=O) groups is 1. The third kappa shape index (κ3) is 3.68. The van der Waals surface area contributed by atoms with Crippen LogP contribution >= 0.6 is 0 Å². The molecule has 5 heteroatoms. The Hall–Kier alpha value is -2.40. The second kappa shape index (κ2) is 6.38. The van der Waals surface area contributed by atoms with E-state index in [1.54, 1.807) is 18.6 Å². The summed E-state index contributed by atoms with van der Waals surface area (Å²) in [5.74, 6) is 0.214. The third-order valence-corrected chi connectivity index (χ3v) is 4.34. The highest BCUT2D eigenvalue weighted by atomic mass is 16.3. The van der Waals surface area contributed by atoms with Gasteiger partial charge in [0.2, 0.25) is 5.91 Å². The Morgan fingerprint density at radius 2 is 2.17 bits per heavy atom. The lowest BCUT2D eigenvalue weighted by molar-refractivity contribution is -0.119. The lowest BCUT2D eigenvalue weighted by Crippen LogP contribution is -2.50. The van der Waals surface area contributed by atoms with E-state index in [1.165, 1.54) is 6.08 Å². The van der Waals surface area contributed by atoms with Crippen molar-refractivity contribution < 1.29 is 9.90 Å². The molecule has 120 valence electrons. The molecule has 0 radical (unpaired) electrons. The first kappa shape index (κ1) is 15.5. The van der Waals surface area contributed by atoms with Gasteiger partial charge in [-0.1, -0.05) is 12.1 Å². The Morgan fingerprint density at radius 1 is 1.43 bits per heavy atom. The van der Waals surface area contributed by atoms with E-state index >= 15 is 0 Å². The molecule has 0 spiro atoms. The maximum Gasteiger partial charge on any atom is 0.244 e. The predicted molar refractivity (Wildman–Crippen MR) is 89.0 cm³/mol. The van der Waals surface area contributed by atoms with Crippen molar-refractivity contribution in [3.05, 3.63) is 54.6 Å². The number of aliphatic hydroxyl groups is 1. The molecule has 0 aliphatic heterocycles. The molecule has 0 bridgehead atoms. The van der Waals surface area contributed by atoms with Crippen molar-refractivity contribution in [1.82, 2.24) is 14.9 Å². The molecule has 1 amide bonds. The molecule has 1 unspecified atom stereocenters. The van der Waals surface area contributed by atoms with Crippen LogP contribution in [0.2, 0.25) is 0 Å². The maximum absolute atomic E-state index is 12.1. The predicted octanol–water partition coefficient (Wildman–Crippen LogP) is 2.16. The van der Waals surface area contributed by atoms with Crippen molar-refractivity contribution in [1.29, 1.82) is 0 Å². The number of hydrogen-bond acceptors (Lipinski definition) is 3. The van der Waals surface area contributed by atoms with Crippen LogP contribution < -0.4 is 5.32 Å². The smallest absolute Gasteiger partial charge is 0.244 e. The zero-order valence-corrected chi connectivity index (χ0v) is 13.1. The molecular weight excluding hydrogens is 290 g/mol. The number of benzene rings is 1. The molecule has 1 atom stereocenters. The average molecular weight is 311 g/mol. The van der Waals surface area contributed by atoms with Crippen molar-refractivity contribution in [2.24, 2.45) is 5.92 Å². The summed E-state index contributed by atoms with van der Waals surface area (Å²) in [5, 5.41) is 12.4.